The van der Waals surface area contributed by atoms with Gasteiger partial charge in [0.1, 0.15) is 5.75 Å². The van der Waals surface area contributed by atoms with E-state index in [0.29, 0.717) is 29.3 Å². The highest BCUT2D eigenvalue weighted by Gasteiger charge is 2.17. The molecular weight excluding hydrogens is 482 g/mol. The van der Waals surface area contributed by atoms with Gasteiger partial charge in [0.05, 0.1) is 17.2 Å². The Kier molecular flexibility index (Phi) is 8.84. The van der Waals surface area contributed by atoms with Crippen LogP contribution >= 0.6 is 12.2 Å². The monoisotopic (exact) mass is 511 g/mol. The van der Waals surface area contributed by atoms with E-state index in [4.69, 9.17) is 17.0 Å². The largest absolute Gasteiger partial charge is 0.494 e. The number of benzene rings is 3. The molecule has 0 aliphatic heterocycles. The van der Waals surface area contributed by atoms with Crippen LogP contribution in [0.15, 0.2) is 71.6 Å². The zero-order chi connectivity index (χ0) is 25.4. The molecule has 3 aromatic carbocycles. The van der Waals surface area contributed by atoms with Gasteiger partial charge in [-0.1, -0.05) is 37.6 Å². The molecule has 0 aliphatic carbocycles. The number of para-hydroxylation sites is 1. The molecule has 35 heavy (non-hydrogen) atoms. The van der Waals surface area contributed by atoms with Gasteiger partial charge >= 0.3 is 0 Å². The maximum atomic E-state index is 12.8. The molecule has 0 heterocycles. The second-order valence-corrected chi connectivity index (χ2v) is 10.1. The lowest BCUT2D eigenvalue weighted by atomic mass is 10.1. The minimum Gasteiger partial charge on any atom is -0.494 e. The third-order valence-electron chi connectivity index (χ3n) is 5.23. The molecule has 0 spiro atoms. The van der Waals surface area contributed by atoms with Crippen LogP contribution in [0.3, 0.4) is 0 Å². The van der Waals surface area contributed by atoms with Gasteiger partial charge < -0.3 is 10.1 Å². The zero-order valence-corrected chi connectivity index (χ0v) is 21.6. The first-order chi connectivity index (χ1) is 16.7. The molecule has 0 fully saturated rings. The fourth-order valence-corrected chi connectivity index (χ4v) is 4.70. The standard InChI is InChI=1S/C26H29N3O4S2/c1-4-5-16-33-22-11-7-10-20(17-22)25(30)28-26(34)27-21-12-14-23(15-13-21)35(31,32)29-24-18(2)8-6-9-19(24)3/h6-15,17,29H,4-5,16H2,1-3H3,(H2,27,28,30,34). The predicted molar refractivity (Wildman–Crippen MR) is 144 cm³/mol. The third kappa shape index (κ3) is 7.27. The van der Waals surface area contributed by atoms with Gasteiger partial charge in [-0.25, -0.2) is 8.42 Å². The normalized spacial score (nSPS) is 10.9. The van der Waals surface area contributed by atoms with Crippen LogP contribution in [0.25, 0.3) is 0 Å². The smallest absolute Gasteiger partial charge is 0.261 e. The quantitative estimate of drug-likeness (QED) is 0.263. The first kappa shape index (κ1) is 26.2. The van der Waals surface area contributed by atoms with Crippen molar-refractivity contribution < 1.29 is 17.9 Å². The number of carbonyl (C=O) groups is 1. The lowest BCUT2D eigenvalue weighted by molar-refractivity contribution is 0.0977. The van der Waals surface area contributed by atoms with Crippen LogP contribution in [0.1, 0.15) is 41.3 Å². The molecule has 0 aromatic heterocycles. The minimum atomic E-state index is -3.76. The van der Waals surface area contributed by atoms with Gasteiger partial charge in [0.2, 0.25) is 0 Å². The first-order valence-electron chi connectivity index (χ1n) is 11.2. The molecular formula is C26H29N3O4S2. The Labute approximate surface area is 212 Å². The Balaban J connectivity index is 1.61. The topological polar surface area (TPSA) is 96.5 Å². The van der Waals surface area contributed by atoms with Crippen LogP contribution in [0.2, 0.25) is 0 Å². The SMILES string of the molecule is CCCCOc1cccc(C(=O)NC(=S)Nc2ccc(S(=O)(=O)Nc3c(C)cccc3C)cc2)c1. The van der Waals surface area contributed by atoms with E-state index in [2.05, 4.69) is 22.3 Å². The van der Waals surface area contributed by atoms with Gasteiger partial charge in [0.25, 0.3) is 15.9 Å². The van der Waals surface area contributed by atoms with Crippen LogP contribution in [-0.4, -0.2) is 26.0 Å². The molecule has 0 atom stereocenters. The Morgan fingerprint density at radius 3 is 2.29 bits per heavy atom. The number of sulfonamides is 1. The number of hydrogen-bond donors (Lipinski definition) is 3. The molecule has 184 valence electrons. The molecule has 9 heteroatoms. The molecule has 1 amide bonds. The summed E-state index contributed by atoms with van der Waals surface area (Å²) in [5.74, 6) is 0.247. The zero-order valence-electron chi connectivity index (χ0n) is 19.9. The van der Waals surface area contributed by atoms with E-state index < -0.39 is 10.0 Å². The Morgan fingerprint density at radius 2 is 1.63 bits per heavy atom. The van der Waals surface area contributed by atoms with Crippen molar-refractivity contribution in [1.82, 2.24) is 5.32 Å². The molecule has 0 radical (unpaired) electrons. The van der Waals surface area contributed by atoms with Crippen LogP contribution < -0.4 is 20.1 Å². The molecule has 0 saturated carbocycles. The summed E-state index contributed by atoms with van der Waals surface area (Å²) >= 11 is 5.25. The molecule has 0 unspecified atom stereocenters. The van der Waals surface area contributed by atoms with Gasteiger partial charge in [-0.05, 0) is 86.1 Å². The number of hydrogen-bond acceptors (Lipinski definition) is 5. The summed E-state index contributed by atoms with van der Waals surface area (Å²) in [7, 11) is -3.76. The van der Waals surface area contributed by atoms with Gasteiger partial charge in [-0.3, -0.25) is 14.8 Å². The van der Waals surface area contributed by atoms with Crippen molar-refractivity contribution in [2.45, 2.75) is 38.5 Å². The van der Waals surface area contributed by atoms with Crippen molar-refractivity contribution in [2.75, 3.05) is 16.6 Å². The number of thiocarbonyl (C=S) groups is 1. The number of unbranched alkanes of at least 4 members (excludes halogenated alkanes) is 1. The fraction of sp³-hybridized carbons (Fsp3) is 0.231. The predicted octanol–water partition coefficient (Wildman–Crippen LogP) is 5.41. The number of aryl methyl sites for hydroxylation is 2. The van der Waals surface area contributed by atoms with Gasteiger partial charge in [0.15, 0.2) is 5.11 Å². The summed E-state index contributed by atoms with van der Waals surface area (Å²) in [4.78, 5) is 12.7. The number of rotatable bonds is 9. The van der Waals surface area contributed by atoms with Gasteiger partial charge in [0, 0.05) is 11.3 Å². The van der Waals surface area contributed by atoms with E-state index in [1.54, 1.807) is 36.4 Å². The maximum absolute atomic E-state index is 12.8. The minimum absolute atomic E-state index is 0.0940. The first-order valence-corrected chi connectivity index (χ1v) is 13.1. The molecule has 0 aliphatic rings. The van der Waals surface area contributed by atoms with Crippen molar-refractivity contribution in [3.63, 3.8) is 0 Å². The van der Waals surface area contributed by atoms with Crippen LogP contribution in [0.5, 0.6) is 5.75 Å². The van der Waals surface area contributed by atoms with Crippen molar-refractivity contribution in [3.8, 4) is 5.75 Å². The third-order valence-corrected chi connectivity index (χ3v) is 6.80. The van der Waals surface area contributed by atoms with E-state index >= 15 is 0 Å². The van der Waals surface area contributed by atoms with E-state index in [0.717, 1.165) is 24.0 Å². The molecule has 3 rings (SSSR count). The van der Waals surface area contributed by atoms with Crippen molar-refractivity contribution in [2.24, 2.45) is 0 Å². The van der Waals surface area contributed by atoms with Gasteiger partial charge in [-0.15, -0.1) is 0 Å². The Morgan fingerprint density at radius 1 is 0.971 bits per heavy atom. The summed E-state index contributed by atoms with van der Waals surface area (Å²) in [6.07, 6.45) is 1.96. The molecule has 7 nitrogen and oxygen atoms in total. The highest BCUT2D eigenvalue weighted by atomic mass is 32.2. The van der Waals surface area contributed by atoms with Crippen LogP contribution in [0, 0.1) is 13.8 Å². The van der Waals surface area contributed by atoms with E-state index in [1.165, 1.54) is 12.1 Å². The van der Waals surface area contributed by atoms with Crippen LogP contribution in [-0.2, 0) is 10.0 Å². The molecule has 3 N–H and O–H groups in total. The highest BCUT2D eigenvalue weighted by Crippen LogP contribution is 2.24. The Bertz CT molecular complexity index is 1290. The second-order valence-electron chi connectivity index (χ2n) is 8.03. The van der Waals surface area contributed by atoms with E-state index in [1.807, 2.05) is 32.0 Å². The number of anilines is 2. The number of amides is 1. The molecule has 3 aromatic rings. The maximum Gasteiger partial charge on any atom is 0.261 e. The number of nitrogens with one attached hydrogen (secondary N) is 3. The number of carbonyl (C=O) groups excluding carboxylic acids is 1. The summed E-state index contributed by atoms with van der Waals surface area (Å²) in [5.41, 5.74) is 3.20. The summed E-state index contributed by atoms with van der Waals surface area (Å²) in [5, 5.41) is 5.62. The van der Waals surface area contributed by atoms with E-state index in [9.17, 15) is 13.2 Å². The van der Waals surface area contributed by atoms with Crippen molar-refractivity contribution in [3.05, 3.63) is 83.4 Å². The lowest BCUT2D eigenvalue weighted by Gasteiger charge is -2.14. The number of ether oxygens (including phenoxy) is 1. The van der Waals surface area contributed by atoms with Crippen molar-refractivity contribution in [1.29, 1.82) is 0 Å². The van der Waals surface area contributed by atoms with Crippen LogP contribution in [0.4, 0.5) is 11.4 Å². The highest BCUT2D eigenvalue weighted by molar-refractivity contribution is 7.92. The Hall–Kier alpha value is -3.43. The average Bonchev–Trinajstić information content (AvgIpc) is 2.82. The summed E-state index contributed by atoms with van der Waals surface area (Å²) in [6, 6.07) is 18.6. The molecule has 0 bridgehead atoms. The molecule has 0 saturated heterocycles. The fourth-order valence-electron chi connectivity index (χ4n) is 3.29. The lowest BCUT2D eigenvalue weighted by Crippen LogP contribution is -2.34. The van der Waals surface area contributed by atoms with Gasteiger partial charge in [-0.2, -0.15) is 0 Å². The second kappa shape index (κ2) is 11.8. The van der Waals surface area contributed by atoms with E-state index in [-0.39, 0.29) is 15.9 Å². The van der Waals surface area contributed by atoms with Crippen molar-refractivity contribution >= 4 is 44.6 Å². The average molecular weight is 512 g/mol. The summed E-state index contributed by atoms with van der Waals surface area (Å²) < 4.78 is 34.0. The summed E-state index contributed by atoms with van der Waals surface area (Å²) in [6.45, 7) is 6.37.